The molecule has 112 valence electrons. The van der Waals surface area contributed by atoms with Crippen LogP contribution in [0.25, 0.3) is 30.1 Å². The third-order valence-corrected chi connectivity index (χ3v) is 7.13. The maximum atomic E-state index is 11.6. The molecule has 2 N–H and O–H groups in total. The number of nitrogens with zero attached hydrogens (tertiary/aromatic N) is 1. The van der Waals surface area contributed by atoms with Crippen molar-refractivity contribution in [1.82, 2.24) is 4.98 Å². The summed E-state index contributed by atoms with van der Waals surface area (Å²) in [7, 11) is 0. The van der Waals surface area contributed by atoms with Gasteiger partial charge < -0.3 is 0 Å². The molecule has 0 saturated carbocycles. The van der Waals surface area contributed by atoms with Crippen molar-refractivity contribution in [1.29, 1.82) is 0 Å². The number of amides is 1. The van der Waals surface area contributed by atoms with E-state index in [-0.39, 0.29) is 20.4 Å². The van der Waals surface area contributed by atoms with Crippen molar-refractivity contribution in [2.75, 3.05) is 0 Å². The Bertz CT molecular complexity index is 991. The third-order valence-electron chi connectivity index (χ3n) is 3.68. The Morgan fingerprint density at radius 3 is 2.65 bits per heavy atom. The molecule has 0 unspecified atom stereocenters. The number of hydrogen-bond donors (Lipinski definition) is 1. The average molecular weight is 383 g/mol. The van der Waals surface area contributed by atoms with Gasteiger partial charge in [-0.05, 0) is 0 Å². The van der Waals surface area contributed by atoms with Crippen molar-refractivity contribution in [3.63, 3.8) is 0 Å². The minimum atomic E-state index is -0.386. The van der Waals surface area contributed by atoms with Crippen LogP contribution in [0.15, 0.2) is 60.2 Å². The number of thiophene rings is 1. The summed E-state index contributed by atoms with van der Waals surface area (Å²) in [6, 6.07) is 14.1. The summed E-state index contributed by atoms with van der Waals surface area (Å²) >= 11 is 1.92. The van der Waals surface area contributed by atoms with Gasteiger partial charge in [-0.25, -0.2) is 0 Å². The molecule has 3 nitrogen and oxygen atoms in total. The van der Waals surface area contributed by atoms with E-state index in [0.29, 0.717) is 5.56 Å². The predicted octanol–water partition coefficient (Wildman–Crippen LogP) is 3.79. The van der Waals surface area contributed by atoms with E-state index in [1.165, 1.54) is 24.7 Å². The normalized spacial score (nSPS) is 11.0. The minimum absolute atomic E-state index is 0.201. The van der Waals surface area contributed by atoms with Gasteiger partial charge in [0.15, 0.2) is 0 Å². The molecule has 1 amide bonds. The molecule has 0 aliphatic carbocycles. The van der Waals surface area contributed by atoms with E-state index in [4.69, 9.17) is 5.73 Å². The molecule has 1 aromatic carbocycles. The number of primary amides is 1. The second kappa shape index (κ2) is 5.78. The van der Waals surface area contributed by atoms with E-state index in [9.17, 15) is 4.79 Å². The molecule has 23 heavy (non-hydrogen) atoms. The summed E-state index contributed by atoms with van der Waals surface area (Å²) in [4.78, 5) is 16.9. The van der Waals surface area contributed by atoms with E-state index in [0.717, 1.165) is 5.39 Å². The topological polar surface area (TPSA) is 56.0 Å². The van der Waals surface area contributed by atoms with Crippen molar-refractivity contribution in [2.24, 2.45) is 5.73 Å². The van der Waals surface area contributed by atoms with Gasteiger partial charge in [0.25, 0.3) is 0 Å². The van der Waals surface area contributed by atoms with Crippen LogP contribution in [0.5, 0.6) is 0 Å². The Morgan fingerprint density at radius 1 is 1.13 bits per heavy atom. The summed E-state index contributed by atoms with van der Waals surface area (Å²) in [5, 5.41) is 3.21. The van der Waals surface area contributed by atoms with Gasteiger partial charge in [0.1, 0.15) is 0 Å². The van der Waals surface area contributed by atoms with Crippen molar-refractivity contribution in [2.45, 2.75) is 0 Å². The van der Waals surface area contributed by atoms with Gasteiger partial charge >= 0.3 is 143 Å². The zero-order valence-corrected chi connectivity index (χ0v) is 14.6. The molecule has 0 saturated heterocycles. The quantitative estimate of drug-likeness (QED) is 0.548. The van der Waals surface area contributed by atoms with E-state index >= 15 is 0 Å². The zero-order valence-electron chi connectivity index (χ0n) is 12.0. The Labute approximate surface area is 143 Å². The van der Waals surface area contributed by atoms with Crippen LogP contribution >= 0.6 is 11.3 Å². The third kappa shape index (κ3) is 2.53. The molecular formula is C18H12N2OSSe. The van der Waals surface area contributed by atoms with Crippen molar-refractivity contribution < 1.29 is 4.79 Å². The van der Waals surface area contributed by atoms with Crippen molar-refractivity contribution in [3.05, 3.63) is 65.8 Å². The fraction of sp³-hybridized carbons (Fsp3) is 0. The van der Waals surface area contributed by atoms with Crippen LogP contribution in [0, 0.1) is 0 Å². The van der Waals surface area contributed by atoms with Gasteiger partial charge in [0.05, 0.1) is 0 Å². The first-order chi connectivity index (χ1) is 11.2. The van der Waals surface area contributed by atoms with Gasteiger partial charge in [0.2, 0.25) is 0 Å². The number of benzene rings is 1. The first-order valence-corrected chi connectivity index (χ1v) is 9.64. The zero-order chi connectivity index (χ0) is 15.8. The number of rotatable bonds is 3. The fourth-order valence-electron chi connectivity index (χ4n) is 2.62. The Balaban J connectivity index is 2.06. The monoisotopic (exact) mass is 384 g/mol. The second-order valence-corrected chi connectivity index (χ2v) is 8.25. The Hall–Kier alpha value is -2.20. The van der Waals surface area contributed by atoms with E-state index in [2.05, 4.69) is 22.5 Å². The number of pyridine rings is 1. The molecule has 3 heterocycles. The van der Waals surface area contributed by atoms with Crippen LogP contribution < -0.4 is 5.73 Å². The average Bonchev–Trinajstić information content (AvgIpc) is 3.21. The van der Waals surface area contributed by atoms with Crippen LogP contribution in [0.2, 0.25) is 0 Å². The molecule has 0 spiro atoms. The first kappa shape index (κ1) is 14.4. The molecule has 4 rings (SSSR count). The summed E-state index contributed by atoms with van der Waals surface area (Å²) in [5.41, 5.74) is 8.44. The van der Waals surface area contributed by atoms with E-state index < -0.39 is 0 Å². The molecule has 5 heteroatoms. The van der Waals surface area contributed by atoms with Crippen LogP contribution in [-0.4, -0.2) is 25.4 Å². The molecule has 0 aliphatic rings. The van der Waals surface area contributed by atoms with Crippen molar-refractivity contribution in [3.8, 4) is 20.4 Å². The molecule has 0 atom stereocenters. The number of nitrogens with two attached hydrogens (primary N) is 1. The van der Waals surface area contributed by atoms with Gasteiger partial charge in [-0.15, -0.1) is 0 Å². The van der Waals surface area contributed by atoms with E-state index in [1.54, 1.807) is 11.3 Å². The molecule has 3 aromatic heterocycles. The number of fused-ring (bicyclic) bond motifs is 1. The number of aromatic nitrogens is 1. The summed E-state index contributed by atoms with van der Waals surface area (Å²) in [6.45, 7) is 0. The summed E-state index contributed by atoms with van der Waals surface area (Å²) < 4.78 is 2.62. The molecule has 0 fully saturated rings. The summed E-state index contributed by atoms with van der Waals surface area (Å²) in [6.07, 6.45) is 3.64. The first-order valence-electron chi connectivity index (χ1n) is 7.04. The molecule has 0 bridgehead atoms. The van der Waals surface area contributed by atoms with Crippen LogP contribution in [0.3, 0.4) is 0 Å². The standard InChI is InChI=1S/C18H12N2OSSe/c19-18(21)12-3-4-15-13(10-12)16(14-2-1-9-22-14)17(23-15)11-5-7-20-8-6-11/h1-10H,(H2,19,21). The molecule has 4 aromatic rings. The van der Waals surface area contributed by atoms with Crippen LogP contribution in [0.1, 0.15) is 10.4 Å². The van der Waals surface area contributed by atoms with Crippen LogP contribution in [0.4, 0.5) is 0 Å². The Kier molecular flexibility index (Phi) is 3.62. The maximum absolute atomic E-state index is 11.6. The number of carbonyl (C=O) groups excluding carboxylic acids is 1. The van der Waals surface area contributed by atoms with Gasteiger partial charge in [0, 0.05) is 0 Å². The summed E-state index contributed by atoms with van der Waals surface area (Å²) in [5.74, 6) is -0.386. The molecule has 0 radical (unpaired) electrons. The van der Waals surface area contributed by atoms with E-state index in [1.807, 2.05) is 42.7 Å². The predicted molar refractivity (Wildman–Crippen MR) is 95.9 cm³/mol. The fourth-order valence-corrected chi connectivity index (χ4v) is 6.08. The molecule has 0 aliphatic heterocycles. The van der Waals surface area contributed by atoms with Gasteiger partial charge in [-0.1, -0.05) is 0 Å². The van der Waals surface area contributed by atoms with Crippen LogP contribution in [-0.2, 0) is 0 Å². The van der Waals surface area contributed by atoms with Gasteiger partial charge in [-0.2, -0.15) is 0 Å². The number of hydrogen-bond acceptors (Lipinski definition) is 3. The second-order valence-electron chi connectivity index (χ2n) is 5.09. The number of carbonyl (C=O) groups is 1. The van der Waals surface area contributed by atoms with Gasteiger partial charge in [-0.3, -0.25) is 0 Å². The molecular weight excluding hydrogens is 371 g/mol. The SMILES string of the molecule is NC(=O)c1ccc2[se]c(-c3ccncc3)c(-c3cccs3)c2c1. The Morgan fingerprint density at radius 2 is 1.96 bits per heavy atom. The van der Waals surface area contributed by atoms with Crippen molar-refractivity contribution >= 4 is 41.4 Å².